The van der Waals surface area contributed by atoms with Crippen molar-refractivity contribution in [2.45, 2.75) is 250 Å². The number of esters is 2. The van der Waals surface area contributed by atoms with Crippen LogP contribution in [0, 0.1) is 0 Å². The predicted molar refractivity (Wildman–Crippen MR) is 251 cm³/mol. The summed E-state index contributed by atoms with van der Waals surface area (Å²) in [6, 6.07) is 3.11. The van der Waals surface area contributed by atoms with Gasteiger partial charge in [-0.1, -0.05) is 205 Å². The van der Waals surface area contributed by atoms with E-state index in [1.807, 2.05) is 0 Å². The van der Waals surface area contributed by atoms with Crippen molar-refractivity contribution in [3.8, 4) is 0 Å². The number of allylic oxidation sites excluding steroid dienone is 4. The Morgan fingerprint density at radius 2 is 0.721 bits per heavy atom. The maximum Gasteiger partial charge on any atom is 1.00 e. The van der Waals surface area contributed by atoms with Gasteiger partial charge in [-0.2, -0.15) is 0 Å². The van der Waals surface area contributed by atoms with Crippen LogP contribution in [0.3, 0.4) is 0 Å². The third-order valence-corrected chi connectivity index (χ3v) is 12.3. The molecule has 0 amide bonds. The summed E-state index contributed by atoms with van der Waals surface area (Å²) >= 11 is 0. The number of carbonyl (C=O) groups excluding carboxylic acids is 2. The zero-order chi connectivity index (χ0) is 43.6. The summed E-state index contributed by atoms with van der Waals surface area (Å²) in [6.45, 7) is 4.84. The van der Waals surface area contributed by atoms with Gasteiger partial charge < -0.3 is 14.0 Å². The molecule has 1 aromatic carbocycles. The molecular weight excluding hydrogens is 808 g/mol. The number of benzene rings is 1. The minimum atomic E-state index is -4.83. The fourth-order valence-corrected chi connectivity index (χ4v) is 8.12. The molecule has 0 N–H and O–H groups in total. The van der Waals surface area contributed by atoms with Crippen molar-refractivity contribution in [2.75, 3.05) is 13.2 Å². The fraction of sp³-hybridized carbons (Fsp3) is 0.769. The van der Waals surface area contributed by atoms with E-state index in [-0.39, 0.29) is 75.7 Å². The minimum Gasteiger partial charge on any atom is -0.744 e. The molecule has 346 valence electrons. The molecule has 0 aliphatic rings. The van der Waals surface area contributed by atoms with Crippen LogP contribution in [0.2, 0.25) is 0 Å². The van der Waals surface area contributed by atoms with E-state index in [0.29, 0.717) is 12.8 Å². The number of unbranched alkanes of at least 4 members (excludes halogenated alkanes) is 32. The van der Waals surface area contributed by atoms with Crippen LogP contribution in [0.4, 0.5) is 0 Å². The Morgan fingerprint density at radius 3 is 1.03 bits per heavy atom. The second kappa shape index (κ2) is 44.4. The molecule has 7 nitrogen and oxygen atoms in total. The van der Waals surface area contributed by atoms with Gasteiger partial charge in [0.25, 0.3) is 0 Å². The van der Waals surface area contributed by atoms with Gasteiger partial charge in [-0.25, -0.2) is 18.0 Å². The maximum absolute atomic E-state index is 13.0. The molecule has 1 aromatic rings. The number of ether oxygens (including phenoxy) is 2. The Labute approximate surface area is 418 Å². The van der Waals surface area contributed by atoms with E-state index in [9.17, 15) is 22.6 Å². The number of hydrogen-bond acceptors (Lipinski definition) is 7. The largest absolute Gasteiger partial charge is 1.00 e. The fourth-order valence-electron chi connectivity index (χ4n) is 7.62. The van der Waals surface area contributed by atoms with Crippen molar-refractivity contribution >= 4 is 22.1 Å². The van der Waals surface area contributed by atoms with Crippen molar-refractivity contribution in [1.29, 1.82) is 0 Å². The molecule has 0 heterocycles. The molecule has 0 bridgehead atoms. The van der Waals surface area contributed by atoms with Crippen molar-refractivity contribution in [3.63, 3.8) is 0 Å². The molecule has 0 radical (unpaired) electrons. The first kappa shape index (κ1) is 60.2. The number of hydrogen-bond donors (Lipinski definition) is 0. The summed E-state index contributed by atoms with van der Waals surface area (Å²) in [6.07, 6.45) is 53.9. The molecular formula is C52H89KO7S. The third-order valence-electron chi connectivity index (χ3n) is 11.5. The van der Waals surface area contributed by atoms with E-state index in [1.165, 1.54) is 180 Å². The Morgan fingerprint density at radius 1 is 0.443 bits per heavy atom. The summed E-state index contributed by atoms with van der Waals surface area (Å²) in [4.78, 5) is 25.3. The van der Waals surface area contributed by atoms with Gasteiger partial charge in [-0.3, -0.25) is 0 Å². The molecule has 0 fully saturated rings. The van der Waals surface area contributed by atoms with Crippen LogP contribution in [0.1, 0.15) is 266 Å². The van der Waals surface area contributed by atoms with Gasteiger partial charge in [0.2, 0.25) is 0 Å². The molecule has 0 aliphatic carbocycles. The normalized spacial score (nSPS) is 11.7. The Hall–Kier alpha value is -0.814. The standard InChI is InChI=1S/C52H90O7S.K/c1-3-5-7-9-11-13-15-17-19-21-23-25-27-29-31-33-35-37-39-41-45-58-51(53)49-44-43-48(60(55,56)57)47-50(49)52(54)59-46-42-40-38-36-34-32-30-28-26-24-22-20-18-16-14-12-10-8-6-4-2;/h33-36,43-44,47H,3-32,37-42,45-46H2,1-2H3,(H,55,56,57);/q;+1/p-1/b35-33+,36-34+;. The minimum absolute atomic E-state index is 0. The van der Waals surface area contributed by atoms with Crippen LogP contribution < -0.4 is 51.4 Å². The Bertz CT molecular complexity index is 1340. The first-order valence-corrected chi connectivity index (χ1v) is 26.5. The average Bonchev–Trinajstić information content (AvgIpc) is 3.24. The monoisotopic (exact) mass is 897 g/mol. The van der Waals surface area contributed by atoms with Crippen LogP contribution in [-0.4, -0.2) is 38.1 Å². The number of carbonyl (C=O) groups is 2. The first-order chi connectivity index (χ1) is 29.3. The smallest absolute Gasteiger partial charge is 0.744 e. The molecule has 0 spiro atoms. The summed E-state index contributed by atoms with van der Waals surface area (Å²) in [5.41, 5.74) is -0.372. The van der Waals surface area contributed by atoms with Crippen LogP contribution >= 0.6 is 0 Å². The van der Waals surface area contributed by atoms with Crippen molar-refractivity contribution in [2.24, 2.45) is 0 Å². The van der Waals surface area contributed by atoms with E-state index in [4.69, 9.17) is 9.47 Å². The second-order valence-corrected chi connectivity index (χ2v) is 18.5. The quantitative estimate of drug-likeness (QED) is 0.0211. The maximum atomic E-state index is 13.0. The van der Waals surface area contributed by atoms with Crippen LogP contribution in [-0.2, 0) is 19.6 Å². The number of rotatable bonds is 43. The van der Waals surface area contributed by atoms with Gasteiger partial charge in [-0.05, 0) is 82.4 Å². The first-order valence-electron chi connectivity index (χ1n) is 25.0. The van der Waals surface area contributed by atoms with Gasteiger partial charge in [-0.15, -0.1) is 0 Å². The molecule has 61 heavy (non-hydrogen) atoms. The molecule has 0 aliphatic heterocycles. The van der Waals surface area contributed by atoms with Gasteiger partial charge in [0.05, 0.1) is 29.2 Å². The van der Waals surface area contributed by atoms with Gasteiger partial charge in [0, 0.05) is 0 Å². The molecule has 0 unspecified atom stereocenters. The van der Waals surface area contributed by atoms with Gasteiger partial charge in [0.15, 0.2) is 0 Å². The van der Waals surface area contributed by atoms with E-state index < -0.39 is 27.0 Å². The van der Waals surface area contributed by atoms with E-state index in [0.717, 1.165) is 56.7 Å². The Balaban J connectivity index is 0.0000360. The second-order valence-electron chi connectivity index (χ2n) is 17.1. The summed E-state index contributed by atoms with van der Waals surface area (Å²) in [5, 5.41) is 0. The topological polar surface area (TPSA) is 110 Å². The molecule has 1 rings (SSSR count). The summed E-state index contributed by atoms with van der Waals surface area (Å²) in [5.74, 6) is -1.58. The van der Waals surface area contributed by atoms with Crippen molar-refractivity contribution in [1.82, 2.24) is 0 Å². The molecule has 0 saturated heterocycles. The molecule has 0 atom stereocenters. The van der Waals surface area contributed by atoms with E-state index >= 15 is 0 Å². The zero-order valence-electron chi connectivity index (χ0n) is 39.7. The van der Waals surface area contributed by atoms with Gasteiger partial charge >= 0.3 is 63.3 Å². The summed E-state index contributed by atoms with van der Waals surface area (Å²) < 4.78 is 45.9. The average molecular weight is 897 g/mol. The summed E-state index contributed by atoms with van der Waals surface area (Å²) in [7, 11) is -4.83. The van der Waals surface area contributed by atoms with Crippen LogP contribution in [0.25, 0.3) is 0 Å². The van der Waals surface area contributed by atoms with Crippen LogP contribution in [0.5, 0.6) is 0 Å². The van der Waals surface area contributed by atoms with Gasteiger partial charge in [0.1, 0.15) is 10.1 Å². The SMILES string of the molecule is CCCCCCCCCCCCCCCC/C=C/CCCCOC(=O)c1ccc(S(=O)(=O)[O-])cc1C(=O)OCCCC/C=C/CCCCCCCCCCCCCCCC.[K+]. The third kappa shape index (κ3) is 37.1. The van der Waals surface area contributed by atoms with Crippen LogP contribution in [0.15, 0.2) is 47.4 Å². The Kier molecular flexibility index (Phi) is 43.8. The van der Waals surface area contributed by atoms with Crippen molar-refractivity contribution < 1.29 is 83.4 Å². The molecule has 0 aromatic heterocycles. The zero-order valence-corrected chi connectivity index (χ0v) is 43.6. The van der Waals surface area contributed by atoms with E-state index in [2.05, 4.69) is 38.2 Å². The van der Waals surface area contributed by atoms with Crippen molar-refractivity contribution in [3.05, 3.63) is 53.6 Å². The molecule has 9 heteroatoms. The molecule has 0 saturated carbocycles. The van der Waals surface area contributed by atoms with E-state index in [1.54, 1.807) is 0 Å². The predicted octanol–water partition coefficient (Wildman–Crippen LogP) is 13.1.